The topological polar surface area (TPSA) is 99.5 Å². The van der Waals surface area contributed by atoms with E-state index in [9.17, 15) is 5.11 Å². The lowest BCUT2D eigenvalue weighted by molar-refractivity contribution is 0.269. The van der Waals surface area contributed by atoms with E-state index in [1.807, 2.05) is 24.9 Å². The van der Waals surface area contributed by atoms with Gasteiger partial charge in [-0.25, -0.2) is 14.6 Å². The molecule has 0 aliphatic heterocycles. The van der Waals surface area contributed by atoms with Gasteiger partial charge < -0.3 is 5.11 Å². The molecule has 30 heavy (non-hydrogen) atoms. The van der Waals surface area contributed by atoms with Crippen LogP contribution in [0.2, 0.25) is 0 Å². The summed E-state index contributed by atoms with van der Waals surface area (Å²) >= 11 is 0. The standard InChI is InChI=1S/C21H26N8O/c1-14-17(10-19-18(24-14)12-22-27(19)2)21-25-20(15-11-23-28(13-15)8-9-30)26-29(21)16-6-4-3-5-7-16/h10-13,16,30H,3-9H2,1-2H3. The molecule has 9 nitrogen and oxygen atoms in total. The lowest BCUT2D eigenvalue weighted by atomic mass is 9.95. The number of aliphatic hydroxyl groups excluding tert-OH is 1. The van der Waals surface area contributed by atoms with Gasteiger partial charge in [-0.2, -0.15) is 15.3 Å². The van der Waals surface area contributed by atoms with Gasteiger partial charge in [0.25, 0.3) is 0 Å². The Hall–Kier alpha value is -3.07. The van der Waals surface area contributed by atoms with Crippen LogP contribution in [0.25, 0.3) is 33.8 Å². The van der Waals surface area contributed by atoms with E-state index in [-0.39, 0.29) is 6.61 Å². The molecule has 0 atom stereocenters. The average molecular weight is 406 g/mol. The summed E-state index contributed by atoms with van der Waals surface area (Å²) in [5.74, 6) is 1.50. The van der Waals surface area contributed by atoms with Crippen LogP contribution in [-0.4, -0.2) is 51.0 Å². The number of aliphatic hydroxyl groups is 1. The van der Waals surface area contributed by atoms with Crippen molar-refractivity contribution < 1.29 is 5.11 Å². The van der Waals surface area contributed by atoms with E-state index >= 15 is 0 Å². The minimum Gasteiger partial charge on any atom is -0.394 e. The SMILES string of the molecule is Cc1nc2cnn(C)c2cc1-c1nc(-c2cnn(CCO)c2)nn1C1CCCCC1. The van der Waals surface area contributed by atoms with Crippen LogP contribution in [0.3, 0.4) is 0 Å². The smallest absolute Gasteiger partial charge is 0.184 e. The zero-order chi connectivity index (χ0) is 20.7. The number of rotatable bonds is 5. The molecule has 0 radical (unpaired) electrons. The van der Waals surface area contributed by atoms with Crippen molar-refractivity contribution in [3.63, 3.8) is 0 Å². The molecule has 9 heteroatoms. The second-order valence-electron chi connectivity index (χ2n) is 8.00. The van der Waals surface area contributed by atoms with Gasteiger partial charge in [0, 0.05) is 24.5 Å². The van der Waals surface area contributed by atoms with Gasteiger partial charge in [-0.05, 0) is 25.8 Å². The zero-order valence-corrected chi connectivity index (χ0v) is 17.4. The summed E-state index contributed by atoms with van der Waals surface area (Å²) in [5, 5.41) is 22.8. The van der Waals surface area contributed by atoms with Crippen molar-refractivity contribution in [2.75, 3.05) is 6.61 Å². The fraction of sp³-hybridized carbons (Fsp3) is 0.476. The normalized spacial score (nSPS) is 15.3. The van der Waals surface area contributed by atoms with Crippen LogP contribution in [0, 0.1) is 6.92 Å². The first-order valence-corrected chi connectivity index (χ1v) is 10.5. The summed E-state index contributed by atoms with van der Waals surface area (Å²) in [5.41, 5.74) is 4.62. The first-order chi connectivity index (χ1) is 14.6. The van der Waals surface area contributed by atoms with E-state index < -0.39 is 0 Å². The van der Waals surface area contributed by atoms with Gasteiger partial charge in [0.1, 0.15) is 5.52 Å². The molecule has 0 amide bonds. The Kier molecular flexibility index (Phi) is 4.82. The first kappa shape index (κ1) is 18.9. The largest absolute Gasteiger partial charge is 0.394 e. The van der Waals surface area contributed by atoms with Gasteiger partial charge in [-0.3, -0.25) is 9.36 Å². The molecule has 0 unspecified atom stereocenters. The number of pyridine rings is 1. The van der Waals surface area contributed by atoms with Crippen molar-refractivity contribution in [3.8, 4) is 22.8 Å². The lowest BCUT2D eigenvalue weighted by Gasteiger charge is -2.23. The van der Waals surface area contributed by atoms with Gasteiger partial charge in [0.05, 0.1) is 42.7 Å². The van der Waals surface area contributed by atoms with Gasteiger partial charge in [-0.1, -0.05) is 19.3 Å². The van der Waals surface area contributed by atoms with Gasteiger partial charge in [0.15, 0.2) is 11.6 Å². The molecule has 1 aliphatic carbocycles. The fourth-order valence-corrected chi connectivity index (χ4v) is 4.31. The maximum absolute atomic E-state index is 9.18. The summed E-state index contributed by atoms with van der Waals surface area (Å²) in [6.07, 6.45) is 11.4. The molecule has 0 saturated heterocycles. The number of aryl methyl sites for hydroxylation is 2. The van der Waals surface area contributed by atoms with Crippen LogP contribution in [0.5, 0.6) is 0 Å². The number of fused-ring (bicyclic) bond motifs is 1. The van der Waals surface area contributed by atoms with Crippen molar-refractivity contribution in [1.82, 2.24) is 39.3 Å². The molecule has 1 fully saturated rings. The number of hydrogen-bond donors (Lipinski definition) is 1. The predicted molar refractivity (Wildman–Crippen MR) is 113 cm³/mol. The summed E-state index contributed by atoms with van der Waals surface area (Å²) in [6, 6.07) is 2.46. The molecule has 1 N–H and O–H groups in total. The maximum Gasteiger partial charge on any atom is 0.184 e. The molecule has 0 spiro atoms. The van der Waals surface area contributed by atoms with Gasteiger partial charge in [0.2, 0.25) is 0 Å². The van der Waals surface area contributed by atoms with E-state index in [0.717, 1.165) is 46.5 Å². The fourth-order valence-electron chi connectivity index (χ4n) is 4.31. The Balaban J connectivity index is 1.64. The summed E-state index contributed by atoms with van der Waals surface area (Å²) < 4.78 is 5.65. The molecule has 1 aliphatic rings. The summed E-state index contributed by atoms with van der Waals surface area (Å²) in [6.45, 7) is 2.52. The maximum atomic E-state index is 9.18. The Morgan fingerprint density at radius 3 is 2.73 bits per heavy atom. The lowest BCUT2D eigenvalue weighted by Crippen LogP contribution is -2.15. The van der Waals surface area contributed by atoms with Crippen LogP contribution in [0.4, 0.5) is 0 Å². The van der Waals surface area contributed by atoms with E-state index in [1.54, 1.807) is 17.1 Å². The molecule has 5 rings (SSSR count). The third-order valence-corrected chi connectivity index (χ3v) is 5.94. The third-order valence-electron chi connectivity index (χ3n) is 5.94. The molecule has 4 aromatic rings. The Morgan fingerprint density at radius 1 is 1.10 bits per heavy atom. The highest BCUT2D eigenvalue weighted by Crippen LogP contribution is 2.34. The van der Waals surface area contributed by atoms with Crippen LogP contribution >= 0.6 is 0 Å². The van der Waals surface area contributed by atoms with Gasteiger partial charge >= 0.3 is 0 Å². The highest BCUT2D eigenvalue weighted by molar-refractivity contribution is 5.80. The van der Waals surface area contributed by atoms with Crippen molar-refractivity contribution in [1.29, 1.82) is 0 Å². The number of nitrogens with zero attached hydrogens (tertiary/aromatic N) is 8. The van der Waals surface area contributed by atoms with Crippen LogP contribution in [0.1, 0.15) is 43.8 Å². The minimum atomic E-state index is 0.0475. The van der Waals surface area contributed by atoms with Crippen molar-refractivity contribution in [2.24, 2.45) is 7.05 Å². The van der Waals surface area contributed by atoms with Crippen molar-refractivity contribution in [3.05, 3.63) is 30.4 Å². The second kappa shape index (κ2) is 7.64. The van der Waals surface area contributed by atoms with E-state index in [2.05, 4.69) is 20.9 Å². The molecular formula is C21H26N8O. The molecule has 156 valence electrons. The van der Waals surface area contributed by atoms with Crippen LogP contribution in [-0.2, 0) is 13.6 Å². The average Bonchev–Trinajstić information content (AvgIpc) is 3.47. The molecule has 4 heterocycles. The van der Waals surface area contributed by atoms with Crippen LogP contribution < -0.4 is 0 Å². The first-order valence-electron chi connectivity index (χ1n) is 10.5. The minimum absolute atomic E-state index is 0.0475. The highest BCUT2D eigenvalue weighted by Gasteiger charge is 2.24. The summed E-state index contributed by atoms with van der Waals surface area (Å²) in [7, 11) is 1.93. The quantitative estimate of drug-likeness (QED) is 0.547. The molecule has 4 aromatic heterocycles. The van der Waals surface area contributed by atoms with Crippen LogP contribution in [0.15, 0.2) is 24.7 Å². The van der Waals surface area contributed by atoms with E-state index in [0.29, 0.717) is 18.4 Å². The number of aromatic nitrogens is 8. The Morgan fingerprint density at radius 2 is 1.93 bits per heavy atom. The van der Waals surface area contributed by atoms with Gasteiger partial charge in [-0.15, -0.1) is 0 Å². The molecular weight excluding hydrogens is 380 g/mol. The molecule has 0 bridgehead atoms. The Bertz CT molecular complexity index is 1180. The highest BCUT2D eigenvalue weighted by atomic mass is 16.3. The predicted octanol–water partition coefficient (Wildman–Crippen LogP) is 2.90. The molecule has 1 saturated carbocycles. The number of hydrogen-bond acceptors (Lipinski definition) is 6. The third kappa shape index (κ3) is 3.28. The molecule has 0 aromatic carbocycles. The zero-order valence-electron chi connectivity index (χ0n) is 17.4. The van der Waals surface area contributed by atoms with Crippen molar-refractivity contribution in [2.45, 2.75) is 51.6 Å². The van der Waals surface area contributed by atoms with E-state index in [1.165, 1.54) is 19.3 Å². The van der Waals surface area contributed by atoms with Crippen molar-refractivity contribution >= 4 is 11.0 Å². The van der Waals surface area contributed by atoms with E-state index in [4.69, 9.17) is 15.1 Å². The summed E-state index contributed by atoms with van der Waals surface area (Å²) in [4.78, 5) is 9.71. The monoisotopic (exact) mass is 406 g/mol. The Labute approximate surface area is 174 Å². The second-order valence-corrected chi connectivity index (χ2v) is 8.00.